The van der Waals surface area contributed by atoms with Gasteiger partial charge < -0.3 is 19.4 Å². The Morgan fingerprint density at radius 3 is 2.93 bits per heavy atom. The quantitative estimate of drug-likeness (QED) is 0.739. The smallest absolute Gasteiger partial charge is 0.253 e. The largest absolute Gasteiger partial charge is 0.488 e. The van der Waals surface area contributed by atoms with E-state index in [0.717, 1.165) is 55.8 Å². The third kappa shape index (κ3) is 3.70. The van der Waals surface area contributed by atoms with Gasteiger partial charge in [-0.1, -0.05) is 18.2 Å². The molecule has 0 aliphatic carbocycles. The maximum absolute atomic E-state index is 12.6. The summed E-state index contributed by atoms with van der Waals surface area (Å²) < 4.78 is 13.5. The zero-order valence-corrected chi connectivity index (χ0v) is 16.2. The molecule has 1 saturated heterocycles. The topological polar surface area (TPSA) is 78.3 Å². The van der Waals surface area contributed by atoms with Gasteiger partial charge in [-0.3, -0.25) is 4.79 Å². The van der Waals surface area contributed by atoms with Crippen LogP contribution in [0.1, 0.15) is 41.2 Å². The lowest BCUT2D eigenvalue weighted by Crippen LogP contribution is -2.37. The van der Waals surface area contributed by atoms with Crippen LogP contribution in [-0.2, 0) is 11.2 Å². The Morgan fingerprint density at radius 2 is 2.03 bits per heavy atom. The average molecular weight is 392 g/mol. The van der Waals surface area contributed by atoms with Gasteiger partial charge in [0.15, 0.2) is 5.65 Å². The van der Waals surface area contributed by atoms with Crippen LogP contribution in [0.2, 0.25) is 0 Å². The zero-order valence-electron chi connectivity index (χ0n) is 16.2. The second-order valence-corrected chi connectivity index (χ2v) is 7.66. The maximum Gasteiger partial charge on any atom is 0.253 e. The van der Waals surface area contributed by atoms with Crippen molar-refractivity contribution in [2.75, 3.05) is 19.8 Å². The number of nitrogens with one attached hydrogen (secondary N) is 1. The van der Waals surface area contributed by atoms with Gasteiger partial charge in [0.05, 0.1) is 18.4 Å². The summed E-state index contributed by atoms with van der Waals surface area (Å²) in [7, 11) is 0. The van der Waals surface area contributed by atoms with Crippen molar-refractivity contribution < 1.29 is 14.3 Å². The van der Waals surface area contributed by atoms with Crippen LogP contribution in [-0.4, -0.2) is 46.3 Å². The molecule has 1 amide bonds. The normalized spacial score (nSPS) is 19.5. The molecule has 4 heterocycles. The second-order valence-electron chi connectivity index (χ2n) is 7.66. The number of aryl methyl sites for hydroxylation is 1. The van der Waals surface area contributed by atoms with E-state index < -0.39 is 0 Å². The van der Waals surface area contributed by atoms with Gasteiger partial charge in [-0.2, -0.15) is 0 Å². The van der Waals surface area contributed by atoms with E-state index in [-0.39, 0.29) is 12.0 Å². The fourth-order valence-corrected chi connectivity index (χ4v) is 4.11. The van der Waals surface area contributed by atoms with E-state index in [1.807, 2.05) is 30.6 Å². The molecule has 2 aliphatic heterocycles. The minimum absolute atomic E-state index is 0.0155. The third-order valence-electron chi connectivity index (χ3n) is 5.75. The van der Waals surface area contributed by atoms with E-state index in [2.05, 4.69) is 25.9 Å². The van der Waals surface area contributed by atoms with E-state index >= 15 is 0 Å². The van der Waals surface area contributed by atoms with E-state index in [1.54, 1.807) is 6.20 Å². The molecular weight excluding hydrogens is 368 g/mol. The summed E-state index contributed by atoms with van der Waals surface area (Å²) in [5.74, 6) is 0.766. The van der Waals surface area contributed by atoms with E-state index in [9.17, 15) is 4.79 Å². The van der Waals surface area contributed by atoms with Crippen molar-refractivity contribution in [1.29, 1.82) is 0 Å². The number of hydrogen-bond acceptors (Lipinski definition) is 5. The van der Waals surface area contributed by atoms with Crippen LogP contribution in [0.15, 0.2) is 42.9 Å². The van der Waals surface area contributed by atoms with Crippen molar-refractivity contribution in [2.24, 2.45) is 0 Å². The number of pyridine rings is 1. The molecule has 0 spiro atoms. The second kappa shape index (κ2) is 7.83. The Kier molecular flexibility index (Phi) is 4.89. The first-order valence-corrected chi connectivity index (χ1v) is 10.2. The van der Waals surface area contributed by atoms with Crippen LogP contribution in [0.5, 0.6) is 5.75 Å². The van der Waals surface area contributed by atoms with Gasteiger partial charge in [0, 0.05) is 25.5 Å². The summed E-state index contributed by atoms with van der Waals surface area (Å²) in [5.41, 5.74) is 3.31. The molecule has 7 heteroatoms. The van der Waals surface area contributed by atoms with Crippen molar-refractivity contribution in [2.45, 2.75) is 37.8 Å². The lowest BCUT2D eigenvalue weighted by atomic mass is 10.0. The average Bonchev–Trinajstić information content (AvgIpc) is 3.21. The Balaban J connectivity index is 1.24. The van der Waals surface area contributed by atoms with Gasteiger partial charge in [-0.15, -0.1) is 0 Å². The highest BCUT2D eigenvalue weighted by atomic mass is 16.5. The SMILES string of the molecule is O=C(NC[C@H]1CCc2ccccc2O1)c1cnc2c(c1)ncn2C1CCOCC1. The van der Waals surface area contributed by atoms with Crippen molar-refractivity contribution in [3.05, 3.63) is 54.0 Å². The Bertz CT molecular complexity index is 1030. The highest BCUT2D eigenvalue weighted by Crippen LogP contribution is 2.27. The van der Waals surface area contributed by atoms with Crippen molar-refractivity contribution in [3.8, 4) is 5.75 Å². The van der Waals surface area contributed by atoms with Crippen molar-refractivity contribution >= 4 is 17.1 Å². The molecule has 1 N–H and O–H groups in total. The minimum atomic E-state index is -0.150. The van der Waals surface area contributed by atoms with Gasteiger partial charge in [-0.05, 0) is 43.4 Å². The first-order chi connectivity index (χ1) is 14.3. The van der Waals surface area contributed by atoms with Crippen LogP contribution in [0.25, 0.3) is 11.2 Å². The number of rotatable bonds is 4. The molecule has 7 nitrogen and oxygen atoms in total. The molecule has 1 atom stereocenters. The van der Waals surface area contributed by atoms with Gasteiger partial charge in [0.2, 0.25) is 0 Å². The summed E-state index contributed by atoms with van der Waals surface area (Å²) in [6, 6.07) is 10.2. The molecule has 150 valence electrons. The molecular formula is C22H24N4O3. The standard InChI is InChI=1S/C22H24N4O3/c27-22(24-13-18-6-5-15-3-1-2-4-20(15)29-18)16-11-19-21(23-12-16)26(14-25-19)17-7-9-28-10-8-17/h1-4,11-12,14,17-18H,5-10,13H2,(H,24,27)/t18-/m1/s1. The number of nitrogens with zero attached hydrogens (tertiary/aromatic N) is 3. The molecule has 5 rings (SSSR count). The molecule has 1 aromatic carbocycles. The number of ether oxygens (including phenoxy) is 2. The monoisotopic (exact) mass is 392 g/mol. The predicted molar refractivity (Wildman–Crippen MR) is 108 cm³/mol. The van der Waals surface area contributed by atoms with Crippen LogP contribution in [0.4, 0.5) is 0 Å². The summed E-state index contributed by atoms with van der Waals surface area (Å²) in [5, 5.41) is 2.98. The molecule has 0 unspecified atom stereocenters. The number of para-hydroxylation sites is 1. The molecule has 1 fully saturated rings. The van der Waals surface area contributed by atoms with Crippen molar-refractivity contribution in [1.82, 2.24) is 19.9 Å². The number of imidazole rings is 1. The lowest BCUT2D eigenvalue weighted by molar-refractivity contribution is 0.0704. The molecule has 29 heavy (non-hydrogen) atoms. The highest BCUT2D eigenvalue weighted by molar-refractivity contribution is 5.96. The van der Waals surface area contributed by atoms with E-state index in [0.29, 0.717) is 18.2 Å². The number of aromatic nitrogens is 3. The fourth-order valence-electron chi connectivity index (χ4n) is 4.11. The maximum atomic E-state index is 12.6. The number of hydrogen-bond donors (Lipinski definition) is 1. The van der Waals surface area contributed by atoms with Crippen LogP contribution < -0.4 is 10.1 Å². The molecule has 2 aliphatic rings. The Labute approximate surface area is 169 Å². The van der Waals surface area contributed by atoms with Crippen molar-refractivity contribution in [3.63, 3.8) is 0 Å². The number of fused-ring (bicyclic) bond motifs is 2. The van der Waals surface area contributed by atoms with Gasteiger partial charge in [-0.25, -0.2) is 9.97 Å². The number of carbonyl (C=O) groups is 1. The van der Waals surface area contributed by atoms with Crippen LogP contribution >= 0.6 is 0 Å². The molecule has 0 radical (unpaired) electrons. The molecule has 2 aromatic heterocycles. The van der Waals surface area contributed by atoms with E-state index in [4.69, 9.17) is 9.47 Å². The van der Waals surface area contributed by atoms with Crippen LogP contribution in [0.3, 0.4) is 0 Å². The summed E-state index contributed by atoms with van der Waals surface area (Å²) >= 11 is 0. The lowest BCUT2D eigenvalue weighted by Gasteiger charge is -2.26. The number of amides is 1. The highest BCUT2D eigenvalue weighted by Gasteiger charge is 2.21. The van der Waals surface area contributed by atoms with E-state index in [1.165, 1.54) is 5.56 Å². The number of carbonyl (C=O) groups excluding carboxylic acids is 1. The van der Waals surface area contributed by atoms with Crippen LogP contribution in [0, 0.1) is 0 Å². The van der Waals surface area contributed by atoms with Gasteiger partial charge in [0.1, 0.15) is 17.4 Å². The Hall–Kier alpha value is -2.93. The molecule has 0 bridgehead atoms. The summed E-state index contributed by atoms with van der Waals surface area (Å²) in [4.78, 5) is 21.6. The predicted octanol–water partition coefficient (Wildman–Crippen LogP) is 2.91. The Morgan fingerprint density at radius 1 is 1.17 bits per heavy atom. The van der Waals surface area contributed by atoms with Gasteiger partial charge >= 0.3 is 0 Å². The third-order valence-corrected chi connectivity index (χ3v) is 5.75. The first-order valence-electron chi connectivity index (χ1n) is 10.2. The zero-order chi connectivity index (χ0) is 19.6. The molecule has 3 aromatic rings. The summed E-state index contributed by atoms with van der Waals surface area (Å²) in [6.07, 6.45) is 7.21. The fraction of sp³-hybridized carbons (Fsp3) is 0.409. The summed E-state index contributed by atoms with van der Waals surface area (Å²) in [6.45, 7) is 2.00. The number of benzene rings is 1. The van der Waals surface area contributed by atoms with Gasteiger partial charge in [0.25, 0.3) is 5.91 Å². The first kappa shape index (κ1) is 18.1. The minimum Gasteiger partial charge on any atom is -0.488 e. The molecule has 0 saturated carbocycles.